The number of nitrogens with one attached hydrogen (secondary N) is 2. The molecule has 0 radical (unpaired) electrons. The fourth-order valence-corrected chi connectivity index (χ4v) is 3.85. The van der Waals surface area contributed by atoms with E-state index in [9.17, 15) is 0 Å². The minimum atomic E-state index is 0. The van der Waals surface area contributed by atoms with E-state index in [1.807, 2.05) is 12.1 Å². The van der Waals surface area contributed by atoms with Crippen molar-refractivity contribution in [3.63, 3.8) is 0 Å². The molecule has 2 aromatic carbocycles. The standard InChI is InChI=1S/C21H26N6O.2ClH/c1-28-20-10-9-16(14-27-25-15-24-26-27)12-18(20)13-23-19-8-5-11-22-21(19)17-6-3-2-4-7-17;;/h2-4,6-7,9-10,12,15,19,21-23H,5,8,11,13-14H2,1H3;2*1H/t19-,21-;;/m0../s1. The van der Waals surface area contributed by atoms with Gasteiger partial charge in [-0.15, -0.1) is 35.0 Å². The van der Waals surface area contributed by atoms with Gasteiger partial charge in [-0.25, -0.2) is 0 Å². The topological polar surface area (TPSA) is 76.9 Å². The van der Waals surface area contributed by atoms with Crippen LogP contribution in [0.25, 0.3) is 0 Å². The number of benzene rings is 2. The Hall–Kier alpha value is -2.19. The highest BCUT2D eigenvalue weighted by molar-refractivity contribution is 5.85. The molecule has 7 nitrogen and oxygen atoms in total. The summed E-state index contributed by atoms with van der Waals surface area (Å²) in [5.41, 5.74) is 3.59. The number of nitrogens with zero attached hydrogens (tertiary/aromatic N) is 4. The lowest BCUT2D eigenvalue weighted by Crippen LogP contribution is -2.45. The van der Waals surface area contributed by atoms with E-state index in [2.05, 4.69) is 62.4 Å². The summed E-state index contributed by atoms with van der Waals surface area (Å²) in [7, 11) is 1.71. The summed E-state index contributed by atoms with van der Waals surface area (Å²) in [5, 5.41) is 19.2. The number of hydrogen-bond donors (Lipinski definition) is 2. The number of halogens is 2. The SMILES string of the molecule is COc1ccc(Cn2ncnn2)cc1CN[C@H]1CCCN[C@H]1c1ccccc1.Cl.Cl. The van der Waals surface area contributed by atoms with E-state index in [-0.39, 0.29) is 24.8 Å². The Bertz CT molecular complexity index is 878. The first-order valence-electron chi connectivity index (χ1n) is 9.72. The number of ether oxygens (including phenoxy) is 1. The van der Waals surface area contributed by atoms with Crippen LogP contribution in [0.3, 0.4) is 0 Å². The number of hydrogen-bond acceptors (Lipinski definition) is 6. The highest BCUT2D eigenvalue weighted by Gasteiger charge is 2.25. The molecule has 0 bridgehead atoms. The number of piperidine rings is 1. The molecule has 1 saturated heterocycles. The van der Waals surface area contributed by atoms with Crippen molar-refractivity contribution in [1.82, 2.24) is 30.8 Å². The zero-order valence-corrected chi connectivity index (χ0v) is 18.5. The molecule has 1 aromatic heterocycles. The summed E-state index contributed by atoms with van der Waals surface area (Å²) in [6, 6.07) is 17.6. The fraction of sp³-hybridized carbons (Fsp3) is 0.381. The van der Waals surface area contributed by atoms with Crippen molar-refractivity contribution in [2.75, 3.05) is 13.7 Å². The predicted molar refractivity (Wildman–Crippen MR) is 121 cm³/mol. The molecule has 0 aliphatic carbocycles. The summed E-state index contributed by atoms with van der Waals surface area (Å²) in [4.78, 5) is 1.58. The number of methoxy groups -OCH3 is 1. The average Bonchev–Trinajstić information content (AvgIpc) is 3.26. The van der Waals surface area contributed by atoms with E-state index >= 15 is 0 Å². The van der Waals surface area contributed by atoms with E-state index in [0.717, 1.165) is 36.4 Å². The van der Waals surface area contributed by atoms with E-state index in [4.69, 9.17) is 4.74 Å². The van der Waals surface area contributed by atoms with Gasteiger partial charge in [0.25, 0.3) is 0 Å². The maximum Gasteiger partial charge on any atom is 0.162 e. The van der Waals surface area contributed by atoms with Crippen LogP contribution in [0.1, 0.15) is 35.6 Å². The molecule has 1 aliphatic heterocycles. The lowest BCUT2D eigenvalue weighted by Gasteiger charge is -2.34. The molecule has 30 heavy (non-hydrogen) atoms. The Balaban J connectivity index is 0.00000160. The van der Waals surface area contributed by atoms with Crippen molar-refractivity contribution in [2.24, 2.45) is 0 Å². The van der Waals surface area contributed by atoms with Crippen LogP contribution in [0.15, 0.2) is 54.9 Å². The first-order chi connectivity index (χ1) is 13.8. The zero-order chi connectivity index (χ0) is 19.2. The minimum absolute atomic E-state index is 0. The van der Waals surface area contributed by atoms with Crippen LogP contribution in [0.2, 0.25) is 0 Å². The fourth-order valence-electron chi connectivity index (χ4n) is 3.85. The molecule has 0 unspecified atom stereocenters. The maximum absolute atomic E-state index is 5.58. The van der Waals surface area contributed by atoms with Crippen molar-refractivity contribution < 1.29 is 4.74 Å². The number of tetrazole rings is 1. The predicted octanol–water partition coefficient (Wildman–Crippen LogP) is 3.16. The van der Waals surface area contributed by atoms with E-state index in [1.165, 1.54) is 18.3 Å². The van der Waals surface area contributed by atoms with E-state index in [0.29, 0.717) is 18.6 Å². The van der Waals surface area contributed by atoms with Crippen LogP contribution in [0.4, 0.5) is 0 Å². The monoisotopic (exact) mass is 450 g/mol. The van der Waals surface area contributed by atoms with Gasteiger partial charge in [0.2, 0.25) is 0 Å². The van der Waals surface area contributed by atoms with Gasteiger partial charge < -0.3 is 15.4 Å². The molecule has 0 spiro atoms. The molecular weight excluding hydrogens is 423 g/mol. The molecule has 0 amide bonds. The molecule has 162 valence electrons. The Morgan fingerprint density at radius 1 is 1.17 bits per heavy atom. The van der Waals surface area contributed by atoms with Crippen molar-refractivity contribution in [2.45, 2.75) is 38.0 Å². The second kappa shape index (κ2) is 11.9. The Morgan fingerprint density at radius 3 is 2.73 bits per heavy atom. The Morgan fingerprint density at radius 2 is 2.00 bits per heavy atom. The van der Waals surface area contributed by atoms with Crippen LogP contribution >= 0.6 is 24.8 Å². The minimum Gasteiger partial charge on any atom is -0.496 e. The highest BCUT2D eigenvalue weighted by atomic mass is 35.5. The first-order valence-corrected chi connectivity index (χ1v) is 9.72. The molecule has 0 saturated carbocycles. The van der Waals surface area contributed by atoms with Crippen molar-refractivity contribution in [3.05, 3.63) is 71.5 Å². The largest absolute Gasteiger partial charge is 0.496 e. The average molecular weight is 451 g/mol. The second-order valence-electron chi connectivity index (χ2n) is 7.08. The van der Waals surface area contributed by atoms with Gasteiger partial charge in [-0.3, -0.25) is 0 Å². The van der Waals surface area contributed by atoms with Gasteiger partial charge in [-0.2, -0.15) is 4.80 Å². The third-order valence-electron chi connectivity index (χ3n) is 5.23. The lowest BCUT2D eigenvalue weighted by molar-refractivity contribution is 0.303. The normalized spacial score (nSPS) is 18.2. The second-order valence-corrected chi connectivity index (χ2v) is 7.08. The third kappa shape index (κ3) is 5.92. The number of rotatable bonds is 7. The first kappa shape index (κ1) is 24.1. The van der Waals surface area contributed by atoms with Gasteiger partial charge in [0.15, 0.2) is 6.33 Å². The molecule has 1 fully saturated rings. The van der Waals surface area contributed by atoms with Gasteiger partial charge in [0, 0.05) is 24.2 Å². The van der Waals surface area contributed by atoms with Crippen LogP contribution < -0.4 is 15.4 Å². The van der Waals surface area contributed by atoms with Crippen LogP contribution in [0, 0.1) is 0 Å². The van der Waals surface area contributed by atoms with Crippen LogP contribution in [-0.2, 0) is 13.1 Å². The summed E-state index contributed by atoms with van der Waals surface area (Å²) >= 11 is 0. The lowest BCUT2D eigenvalue weighted by atomic mass is 9.92. The molecule has 2 atom stereocenters. The van der Waals surface area contributed by atoms with Crippen molar-refractivity contribution in [3.8, 4) is 5.75 Å². The third-order valence-corrected chi connectivity index (χ3v) is 5.23. The van der Waals surface area contributed by atoms with E-state index in [1.54, 1.807) is 11.9 Å². The molecule has 2 N–H and O–H groups in total. The quantitative estimate of drug-likeness (QED) is 0.575. The maximum atomic E-state index is 5.58. The summed E-state index contributed by atoms with van der Waals surface area (Å²) in [6.45, 7) is 2.40. The van der Waals surface area contributed by atoms with Gasteiger partial charge in [0.05, 0.1) is 13.7 Å². The van der Waals surface area contributed by atoms with Crippen LogP contribution in [0.5, 0.6) is 5.75 Å². The molecule has 2 heterocycles. The van der Waals surface area contributed by atoms with Gasteiger partial charge >= 0.3 is 0 Å². The summed E-state index contributed by atoms with van der Waals surface area (Å²) < 4.78 is 5.58. The number of aromatic nitrogens is 4. The van der Waals surface area contributed by atoms with Crippen molar-refractivity contribution >= 4 is 24.8 Å². The van der Waals surface area contributed by atoms with Gasteiger partial charge in [-0.1, -0.05) is 36.4 Å². The Labute approximate surface area is 189 Å². The van der Waals surface area contributed by atoms with Crippen LogP contribution in [-0.4, -0.2) is 39.9 Å². The summed E-state index contributed by atoms with van der Waals surface area (Å²) in [5.74, 6) is 0.892. The van der Waals surface area contributed by atoms with Gasteiger partial charge in [0.1, 0.15) is 5.75 Å². The Kier molecular flexibility index (Phi) is 9.52. The van der Waals surface area contributed by atoms with Crippen molar-refractivity contribution in [1.29, 1.82) is 0 Å². The molecule has 1 aliphatic rings. The smallest absolute Gasteiger partial charge is 0.162 e. The van der Waals surface area contributed by atoms with E-state index < -0.39 is 0 Å². The zero-order valence-electron chi connectivity index (χ0n) is 16.9. The molecule has 4 rings (SSSR count). The summed E-state index contributed by atoms with van der Waals surface area (Å²) in [6.07, 6.45) is 3.78. The molecule has 3 aromatic rings. The van der Waals surface area contributed by atoms with Gasteiger partial charge in [-0.05, 0) is 47.9 Å². The highest BCUT2D eigenvalue weighted by Crippen LogP contribution is 2.25. The molecule has 9 heteroatoms. The molecular formula is C21H28Cl2N6O.